The highest BCUT2D eigenvalue weighted by Crippen LogP contribution is 2.49. The number of aromatic nitrogens is 1. The molecule has 0 saturated carbocycles. The highest BCUT2D eigenvalue weighted by atomic mass is 79.9. The number of rotatable bonds is 3. The van der Waals surface area contributed by atoms with E-state index in [1.54, 1.807) is 12.1 Å². The minimum atomic E-state index is -0.635. The van der Waals surface area contributed by atoms with Crippen molar-refractivity contribution in [3.05, 3.63) is 79.0 Å². The van der Waals surface area contributed by atoms with Crippen molar-refractivity contribution in [2.45, 2.75) is 39.5 Å². The Morgan fingerprint density at radius 2 is 2.00 bits per heavy atom. The molecule has 0 radical (unpaired) electrons. The number of halogens is 3. The fourth-order valence-electron chi connectivity index (χ4n) is 4.91. The number of allylic oxidation sites excluding steroid dienone is 3. The molecule has 1 aliphatic carbocycles. The summed E-state index contributed by atoms with van der Waals surface area (Å²) >= 11 is 17.9. The van der Waals surface area contributed by atoms with Crippen molar-refractivity contribution in [1.29, 1.82) is 0 Å². The first-order valence-electron chi connectivity index (χ1n) is 11.1. The van der Waals surface area contributed by atoms with Crippen molar-refractivity contribution in [2.75, 3.05) is 5.32 Å². The first-order valence-corrected chi connectivity index (χ1v) is 13.5. The summed E-state index contributed by atoms with van der Waals surface area (Å²) in [4.78, 5) is 31.8. The summed E-state index contributed by atoms with van der Waals surface area (Å²) in [5.74, 6) is -0.963. The number of benzene rings is 2. The average molecular weight is 591 g/mol. The van der Waals surface area contributed by atoms with E-state index in [1.165, 1.54) is 11.3 Å². The maximum Gasteiger partial charge on any atom is 0.256 e. The minimum absolute atomic E-state index is 0.00688. The minimum Gasteiger partial charge on any atom is -0.362 e. The van der Waals surface area contributed by atoms with Gasteiger partial charge in [-0.2, -0.15) is 0 Å². The van der Waals surface area contributed by atoms with Crippen LogP contribution in [0.3, 0.4) is 0 Å². The summed E-state index contributed by atoms with van der Waals surface area (Å²) in [6, 6.07) is 11.1. The van der Waals surface area contributed by atoms with E-state index in [-0.39, 0.29) is 17.1 Å². The molecular formula is C26H22BrCl2N3O2S. The molecule has 35 heavy (non-hydrogen) atoms. The predicted molar refractivity (Wildman–Crippen MR) is 146 cm³/mol. The van der Waals surface area contributed by atoms with Gasteiger partial charge < -0.3 is 5.32 Å². The van der Waals surface area contributed by atoms with Crippen LogP contribution in [0, 0.1) is 5.41 Å². The summed E-state index contributed by atoms with van der Waals surface area (Å²) in [6.45, 7) is 6.00. The summed E-state index contributed by atoms with van der Waals surface area (Å²) in [5, 5.41) is 7.52. The number of Topliss-reactive ketones (excluding diaryl/α,β-unsaturated/α-hetero) is 1. The van der Waals surface area contributed by atoms with Crippen LogP contribution >= 0.6 is 50.5 Å². The van der Waals surface area contributed by atoms with E-state index in [0.717, 1.165) is 20.4 Å². The lowest BCUT2D eigenvalue weighted by atomic mass is 9.68. The molecule has 1 atom stereocenters. The van der Waals surface area contributed by atoms with Crippen LogP contribution in [0.2, 0.25) is 10.0 Å². The number of nitrogens with one attached hydrogen (secondary N) is 2. The summed E-state index contributed by atoms with van der Waals surface area (Å²) in [7, 11) is 0. The monoisotopic (exact) mass is 589 g/mol. The Hall–Kier alpha value is -2.19. The standard InChI is InChI=1S/C26H22BrCl2N3O2S/c1-12-20(24(34)32-25-31-16-9-13(27)7-8-19(16)35-25)21(14-5-4-6-15(28)23(14)29)22-17(30-12)10-26(2,3)11-18(22)33/h4-9,21,30H,10-11H2,1-3H3,(H,31,32,34)/t21-/m1/s1. The molecule has 0 bridgehead atoms. The van der Waals surface area contributed by atoms with Gasteiger partial charge >= 0.3 is 0 Å². The Balaban J connectivity index is 1.60. The molecule has 0 spiro atoms. The molecular weight excluding hydrogens is 569 g/mol. The van der Waals surface area contributed by atoms with Gasteiger partial charge in [0.1, 0.15) is 0 Å². The van der Waals surface area contributed by atoms with Crippen molar-refractivity contribution in [3.63, 3.8) is 0 Å². The quantitative estimate of drug-likeness (QED) is 0.329. The zero-order valence-electron chi connectivity index (χ0n) is 19.3. The SMILES string of the molecule is CC1=C(C(=O)Nc2nc3cc(Br)ccc3s2)[C@@H](c2cccc(Cl)c2Cl)C2=C(CC(C)(C)CC2=O)N1. The Morgan fingerprint density at radius 3 is 2.77 bits per heavy atom. The molecule has 1 amide bonds. The zero-order chi connectivity index (χ0) is 25.1. The van der Waals surface area contributed by atoms with E-state index < -0.39 is 5.92 Å². The summed E-state index contributed by atoms with van der Waals surface area (Å²) < 4.78 is 1.87. The number of ketones is 1. The molecule has 1 aromatic heterocycles. The van der Waals surface area contributed by atoms with Crippen LogP contribution in [0.25, 0.3) is 10.2 Å². The van der Waals surface area contributed by atoms with Crippen LogP contribution < -0.4 is 10.6 Å². The van der Waals surface area contributed by atoms with Crippen LogP contribution in [0.1, 0.15) is 45.1 Å². The van der Waals surface area contributed by atoms with Crippen molar-refractivity contribution >= 4 is 77.5 Å². The number of hydrogen-bond acceptors (Lipinski definition) is 5. The fourth-order valence-corrected chi connectivity index (χ4v) is 6.52. The first-order chi connectivity index (χ1) is 16.5. The molecule has 2 heterocycles. The number of thiazole rings is 1. The highest BCUT2D eigenvalue weighted by Gasteiger charge is 2.43. The second kappa shape index (κ2) is 9.04. The topological polar surface area (TPSA) is 71.1 Å². The van der Waals surface area contributed by atoms with Gasteiger partial charge in [-0.05, 0) is 48.6 Å². The summed E-state index contributed by atoms with van der Waals surface area (Å²) in [6.07, 6.45) is 1.09. The molecule has 1 aliphatic heterocycles. The number of carbonyl (C=O) groups excluding carboxylic acids is 2. The van der Waals surface area contributed by atoms with Crippen LogP contribution in [-0.2, 0) is 9.59 Å². The molecule has 2 N–H and O–H groups in total. The van der Waals surface area contributed by atoms with Gasteiger partial charge in [0.15, 0.2) is 10.9 Å². The molecule has 2 aromatic carbocycles. The largest absolute Gasteiger partial charge is 0.362 e. The van der Waals surface area contributed by atoms with Crippen LogP contribution in [0.5, 0.6) is 0 Å². The molecule has 0 saturated heterocycles. The second-order valence-electron chi connectivity index (χ2n) is 9.66. The number of anilines is 1. The molecule has 5 rings (SSSR count). The van der Waals surface area contributed by atoms with E-state index >= 15 is 0 Å². The van der Waals surface area contributed by atoms with Crippen LogP contribution in [0.15, 0.2) is 63.4 Å². The second-order valence-corrected chi connectivity index (χ2v) is 12.4. The predicted octanol–water partition coefficient (Wildman–Crippen LogP) is 7.61. The lowest BCUT2D eigenvalue weighted by Crippen LogP contribution is -2.39. The number of hydrogen-bond donors (Lipinski definition) is 2. The van der Waals surface area contributed by atoms with Crippen LogP contribution in [-0.4, -0.2) is 16.7 Å². The van der Waals surface area contributed by atoms with E-state index in [1.807, 2.05) is 31.2 Å². The molecule has 5 nitrogen and oxygen atoms in total. The number of amides is 1. The third kappa shape index (κ3) is 4.55. The Bertz CT molecular complexity index is 1470. The van der Waals surface area contributed by atoms with Gasteiger partial charge in [-0.25, -0.2) is 4.98 Å². The van der Waals surface area contributed by atoms with E-state index in [0.29, 0.717) is 50.4 Å². The van der Waals surface area contributed by atoms with Gasteiger partial charge in [-0.15, -0.1) is 0 Å². The van der Waals surface area contributed by atoms with E-state index in [9.17, 15) is 9.59 Å². The van der Waals surface area contributed by atoms with Gasteiger partial charge in [-0.3, -0.25) is 14.9 Å². The van der Waals surface area contributed by atoms with Gasteiger partial charge in [0, 0.05) is 39.4 Å². The number of fused-ring (bicyclic) bond motifs is 1. The highest BCUT2D eigenvalue weighted by molar-refractivity contribution is 9.10. The molecule has 180 valence electrons. The third-order valence-electron chi connectivity index (χ3n) is 6.35. The molecule has 9 heteroatoms. The van der Waals surface area contributed by atoms with Crippen molar-refractivity contribution in [3.8, 4) is 0 Å². The fraction of sp³-hybridized carbons (Fsp3) is 0.269. The Labute approximate surface area is 225 Å². The number of dihydropyridines is 1. The lowest BCUT2D eigenvalue weighted by molar-refractivity contribution is -0.118. The van der Waals surface area contributed by atoms with Crippen molar-refractivity contribution in [1.82, 2.24) is 10.3 Å². The Kier molecular flexibility index (Phi) is 6.33. The number of nitrogens with zero attached hydrogens (tertiary/aromatic N) is 1. The van der Waals surface area contributed by atoms with Gasteiger partial charge in [-0.1, -0.05) is 76.4 Å². The molecule has 2 aliphatic rings. The van der Waals surface area contributed by atoms with E-state index in [2.05, 4.69) is 45.4 Å². The third-order valence-corrected chi connectivity index (χ3v) is 8.63. The van der Waals surface area contributed by atoms with Gasteiger partial charge in [0.2, 0.25) is 0 Å². The van der Waals surface area contributed by atoms with E-state index in [4.69, 9.17) is 23.2 Å². The molecule has 0 fully saturated rings. The number of carbonyl (C=O) groups is 2. The molecule has 0 unspecified atom stereocenters. The van der Waals surface area contributed by atoms with Crippen molar-refractivity contribution < 1.29 is 9.59 Å². The van der Waals surface area contributed by atoms with Crippen LogP contribution in [0.4, 0.5) is 5.13 Å². The summed E-state index contributed by atoms with van der Waals surface area (Å²) in [5.41, 5.74) is 3.78. The van der Waals surface area contributed by atoms with Gasteiger partial charge in [0.05, 0.1) is 20.3 Å². The van der Waals surface area contributed by atoms with Crippen molar-refractivity contribution in [2.24, 2.45) is 5.41 Å². The average Bonchev–Trinajstić information content (AvgIpc) is 3.14. The molecule has 3 aromatic rings. The smallest absolute Gasteiger partial charge is 0.256 e. The zero-order valence-corrected chi connectivity index (χ0v) is 23.2. The lowest BCUT2D eigenvalue weighted by Gasteiger charge is -2.39. The maximum absolute atomic E-state index is 13.7. The Morgan fingerprint density at radius 1 is 1.23 bits per heavy atom. The first kappa shape index (κ1) is 24.5. The maximum atomic E-state index is 13.7. The van der Waals surface area contributed by atoms with Gasteiger partial charge in [0.25, 0.3) is 5.91 Å². The normalized spacial score (nSPS) is 19.6.